The van der Waals surface area contributed by atoms with E-state index in [2.05, 4.69) is 20.8 Å². The zero-order valence-electron chi connectivity index (χ0n) is 11.5. The minimum Gasteiger partial charge on any atom is -0.491 e. The van der Waals surface area contributed by atoms with Crippen molar-refractivity contribution in [2.24, 2.45) is 11.8 Å². The zero-order valence-corrected chi connectivity index (χ0v) is 11.5. The van der Waals surface area contributed by atoms with Crippen molar-refractivity contribution in [1.29, 1.82) is 0 Å². The van der Waals surface area contributed by atoms with Crippen molar-refractivity contribution >= 4 is 0 Å². The number of rotatable bonds is 5. The molecule has 17 heavy (non-hydrogen) atoms. The van der Waals surface area contributed by atoms with E-state index in [1.54, 1.807) is 0 Å². The highest BCUT2D eigenvalue weighted by Crippen LogP contribution is 2.33. The summed E-state index contributed by atoms with van der Waals surface area (Å²) in [4.78, 5) is 0. The van der Waals surface area contributed by atoms with Gasteiger partial charge in [-0.2, -0.15) is 0 Å². The average Bonchev–Trinajstić information content (AvgIpc) is 2.27. The summed E-state index contributed by atoms with van der Waals surface area (Å²) in [6.45, 7) is 10.3. The van der Waals surface area contributed by atoms with Gasteiger partial charge in [0.05, 0.1) is 12.2 Å². The van der Waals surface area contributed by atoms with Gasteiger partial charge in [-0.25, -0.2) is 0 Å². The normalized spacial score (nSPS) is 15.1. The SMILES string of the molecule is CC(C)Oc1ccccc1C(O)C(C)C(C)C. The summed E-state index contributed by atoms with van der Waals surface area (Å²) in [6, 6.07) is 7.75. The van der Waals surface area contributed by atoms with Gasteiger partial charge in [0, 0.05) is 5.56 Å². The molecule has 0 bridgehead atoms. The van der Waals surface area contributed by atoms with Crippen LogP contribution in [0.1, 0.15) is 46.3 Å². The monoisotopic (exact) mass is 236 g/mol. The largest absolute Gasteiger partial charge is 0.491 e. The second-order valence-electron chi connectivity index (χ2n) is 5.25. The Labute approximate surface area is 105 Å². The molecule has 0 fully saturated rings. The van der Waals surface area contributed by atoms with E-state index in [0.717, 1.165) is 11.3 Å². The number of ether oxygens (including phenoxy) is 1. The van der Waals surface area contributed by atoms with Crippen molar-refractivity contribution in [1.82, 2.24) is 0 Å². The Morgan fingerprint density at radius 2 is 1.59 bits per heavy atom. The van der Waals surface area contributed by atoms with Crippen LogP contribution in [-0.4, -0.2) is 11.2 Å². The lowest BCUT2D eigenvalue weighted by atomic mass is 9.88. The van der Waals surface area contributed by atoms with Crippen molar-refractivity contribution in [2.45, 2.75) is 46.8 Å². The standard InChI is InChI=1S/C15H24O2/c1-10(2)12(5)15(16)13-8-6-7-9-14(13)17-11(3)4/h6-12,15-16H,1-5H3. The topological polar surface area (TPSA) is 29.5 Å². The Morgan fingerprint density at radius 1 is 1.00 bits per heavy atom. The Hall–Kier alpha value is -1.02. The third-order valence-corrected chi connectivity index (χ3v) is 3.15. The van der Waals surface area contributed by atoms with E-state index in [0.29, 0.717) is 5.92 Å². The number of hydrogen-bond acceptors (Lipinski definition) is 2. The Bertz CT molecular complexity index is 345. The predicted octanol–water partition coefficient (Wildman–Crippen LogP) is 3.80. The van der Waals surface area contributed by atoms with E-state index in [4.69, 9.17) is 4.74 Å². The van der Waals surface area contributed by atoms with Gasteiger partial charge in [-0.1, -0.05) is 39.0 Å². The predicted molar refractivity (Wildman–Crippen MR) is 71.2 cm³/mol. The van der Waals surface area contributed by atoms with Gasteiger partial charge in [0.15, 0.2) is 0 Å². The molecule has 0 saturated heterocycles. The lowest BCUT2D eigenvalue weighted by Crippen LogP contribution is -2.17. The van der Waals surface area contributed by atoms with Crippen LogP contribution in [0.3, 0.4) is 0 Å². The number of para-hydroxylation sites is 1. The summed E-state index contributed by atoms with van der Waals surface area (Å²) in [5.41, 5.74) is 0.891. The number of aliphatic hydroxyl groups excluding tert-OH is 1. The minimum atomic E-state index is -0.468. The fourth-order valence-corrected chi connectivity index (χ4v) is 1.73. The number of aliphatic hydroxyl groups is 1. The summed E-state index contributed by atoms with van der Waals surface area (Å²) in [5.74, 6) is 1.45. The summed E-state index contributed by atoms with van der Waals surface area (Å²) in [5, 5.41) is 10.4. The molecule has 1 rings (SSSR count). The molecule has 2 atom stereocenters. The van der Waals surface area contributed by atoms with Gasteiger partial charge in [0.25, 0.3) is 0 Å². The molecular formula is C15H24O2. The highest BCUT2D eigenvalue weighted by molar-refractivity contribution is 5.35. The summed E-state index contributed by atoms with van der Waals surface area (Å²) < 4.78 is 5.74. The van der Waals surface area contributed by atoms with Crippen LogP contribution in [0.4, 0.5) is 0 Å². The summed E-state index contributed by atoms with van der Waals surface area (Å²) in [7, 11) is 0. The van der Waals surface area contributed by atoms with Gasteiger partial charge in [0.1, 0.15) is 5.75 Å². The van der Waals surface area contributed by atoms with Crippen LogP contribution in [-0.2, 0) is 0 Å². The molecule has 0 aromatic heterocycles. The van der Waals surface area contributed by atoms with Crippen LogP contribution >= 0.6 is 0 Å². The van der Waals surface area contributed by atoms with Crippen LogP contribution in [0.5, 0.6) is 5.75 Å². The van der Waals surface area contributed by atoms with Crippen LogP contribution in [0.25, 0.3) is 0 Å². The van der Waals surface area contributed by atoms with E-state index in [-0.39, 0.29) is 12.0 Å². The molecule has 2 nitrogen and oxygen atoms in total. The van der Waals surface area contributed by atoms with Crippen molar-refractivity contribution in [3.8, 4) is 5.75 Å². The highest BCUT2D eigenvalue weighted by atomic mass is 16.5. The van der Waals surface area contributed by atoms with E-state index in [1.807, 2.05) is 38.1 Å². The molecular weight excluding hydrogens is 212 g/mol. The fourth-order valence-electron chi connectivity index (χ4n) is 1.73. The van der Waals surface area contributed by atoms with Gasteiger partial charge in [-0.05, 0) is 31.7 Å². The molecule has 0 saturated carbocycles. The fraction of sp³-hybridized carbons (Fsp3) is 0.600. The first-order chi connectivity index (χ1) is 7.93. The molecule has 1 aromatic carbocycles. The molecule has 96 valence electrons. The van der Waals surface area contributed by atoms with Gasteiger partial charge in [-0.15, -0.1) is 0 Å². The van der Waals surface area contributed by atoms with Crippen LogP contribution < -0.4 is 4.74 Å². The molecule has 1 N–H and O–H groups in total. The lowest BCUT2D eigenvalue weighted by molar-refractivity contribution is 0.0872. The van der Waals surface area contributed by atoms with E-state index < -0.39 is 6.10 Å². The minimum absolute atomic E-state index is 0.123. The van der Waals surface area contributed by atoms with Gasteiger partial charge in [0.2, 0.25) is 0 Å². The molecule has 2 heteroatoms. The third kappa shape index (κ3) is 3.74. The first-order valence-electron chi connectivity index (χ1n) is 6.37. The Morgan fingerprint density at radius 3 is 2.12 bits per heavy atom. The second-order valence-corrected chi connectivity index (χ2v) is 5.25. The number of hydrogen-bond donors (Lipinski definition) is 1. The maximum Gasteiger partial charge on any atom is 0.125 e. The van der Waals surface area contributed by atoms with Crippen LogP contribution in [0.2, 0.25) is 0 Å². The molecule has 1 aromatic rings. The zero-order chi connectivity index (χ0) is 13.0. The van der Waals surface area contributed by atoms with Crippen LogP contribution in [0.15, 0.2) is 24.3 Å². The summed E-state index contributed by atoms with van der Waals surface area (Å²) in [6.07, 6.45) is -0.345. The van der Waals surface area contributed by atoms with Gasteiger partial charge >= 0.3 is 0 Å². The molecule has 0 spiro atoms. The molecule has 0 radical (unpaired) electrons. The van der Waals surface area contributed by atoms with Gasteiger partial charge < -0.3 is 9.84 Å². The smallest absolute Gasteiger partial charge is 0.125 e. The van der Waals surface area contributed by atoms with E-state index in [1.165, 1.54) is 0 Å². The van der Waals surface area contributed by atoms with Crippen molar-refractivity contribution in [3.63, 3.8) is 0 Å². The van der Waals surface area contributed by atoms with E-state index >= 15 is 0 Å². The van der Waals surface area contributed by atoms with Crippen molar-refractivity contribution in [3.05, 3.63) is 29.8 Å². The molecule has 0 aliphatic heterocycles. The molecule has 0 heterocycles. The molecule has 0 aliphatic carbocycles. The van der Waals surface area contributed by atoms with Crippen LogP contribution in [0, 0.1) is 11.8 Å². The molecule has 0 aliphatic rings. The first kappa shape index (κ1) is 14.0. The first-order valence-corrected chi connectivity index (χ1v) is 6.37. The summed E-state index contributed by atoms with van der Waals surface area (Å²) >= 11 is 0. The maximum atomic E-state index is 10.4. The highest BCUT2D eigenvalue weighted by Gasteiger charge is 2.22. The quantitative estimate of drug-likeness (QED) is 0.842. The Balaban J connectivity index is 2.96. The van der Waals surface area contributed by atoms with Gasteiger partial charge in [-0.3, -0.25) is 0 Å². The lowest BCUT2D eigenvalue weighted by Gasteiger charge is -2.25. The number of benzene rings is 1. The second kappa shape index (κ2) is 6.06. The molecule has 0 amide bonds. The van der Waals surface area contributed by atoms with Crippen molar-refractivity contribution in [2.75, 3.05) is 0 Å². The van der Waals surface area contributed by atoms with Crippen molar-refractivity contribution < 1.29 is 9.84 Å². The maximum absolute atomic E-state index is 10.4. The average molecular weight is 236 g/mol. The van der Waals surface area contributed by atoms with E-state index in [9.17, 15) is 5.11 Å². The Kier molecular flexibility index (Phi) is 5.01. The third-order valence-electron chi connectivity index (χ3n) is 3.15. The molecule has 2 unspecified atom stereocenters.